The zero-order chi connectivity index (χ0) is 14.0. The van der Waals surface area contributed by atoms with Gasteiger partial charge in [0.15, 0.2) is 5.69 Å². The Morgan fingerprint density at radius 3 is 2.63 bits per heavy atom. The van der Waals surface area contributed by atoms with Crippen LogP contribution in [0.2, 0.25) is 0 Å². The molecule has 1 heterocycles. The number of pyridine rings is 1. The number of carbonyl (C=O) groups is 1. The summed E-state index contributed by atoms with van der Waals surface area (Å²) in [5.41, 5.74) is -0.302. The SMILES string of the molecule is O=C(O)c1cc2ccccc2c(NCC(F)(F)F)n1. The predicted octanol–water partition coefficient (Wildman–Crippen LogP) is 2.91. The summed E-state index contributed by atoms with van der Waals surface area (Å²) in [6.07, 6.45) is -4.40. The Morgan fingerprint density at radius 2 is 2.00 bits per heavy atom. The lowest BCUT2D eigenvalue weighted by atomic mass is 10.1. The second-order valence-corrected chi connectivity index (χ2v) is 3.85. The molecule has 0 aliphatic carbocycles. The van der Waals surface area contributed by atoms with Gasteiger partial charge in [-0.2, -0.15) is 13.2 Å². The normalized spacial score (nSPS) is 11.5. The van der Waals surface area contributed by atoms with E-state index in [1.54, 1.807) is 24.3 Å². The van der Waals surface area contributed by atoms with Crippen LogP contribution in [0.25, 0.3) is 10.8 Å². The van der Waals surface area contributed by atoms with Gasteiger partial charge in [0.1, 0.15) is 12.4 Å². The van der Waals surface area contributed by atoms with Crippen LogP contribution in [0, 0.1) is 0 Å². The van der Waals surface area contributed by atoms with Crippen molar-refractivity contribution in [3.8, 4) is 0 Å². The molecule has 0 amide bonds. The Balaban J connectivity index is 2.47. The molecule has 0 aliphatic rings. The molecule has 7 heteroatoms. The van der Waals surface area contributed by atoms with Crippen molar-refractivity contribution in [1.82, 2.24) is 4.98 Å². The van der Waals surface area contributed by atoms with Crippen LogP contribution >= 0.6 is 0 Å². The highest BCUT2D eigenvalue weighted by molar-refractivity contribution is 5.97. The number of carboxylic acids is 1. The van der Waals surface area contributed by atoms with Crippen molar-refractivity contribution < 1.29 is 23.1 Å². The monoisotopic (exact) mass is 270 g/mol. The summed E-state index contributed by atoms with van der Waals surface area (Å²) in [5, 5.41) is 12.0. The minimum atomic E-state index is -4.40. The molecular weight excluding hydrogens is 261 g/mol. The number of carboxylic acid groups (broad SMARTS) is 1. The summed E-state index contributed by atoms with van der Waals surface area (Å²) >= 11 is 0. The third-order valence-electron chi connectivity index (χ3n) is 2.42. The van der Waals surface area contributed by atoms with Gasteiger partial charge in [0.05, 0.1) is 0 Å². The van der Waals surface area contributed by atoms with Gasteiger partial charge in [0, 0.05) is 5.39 Å². The van der Waals surface area contributed by atoms with E-state index in [1.807, 2.05) is 0 Å². The average molecular weight is 270 g/mol. The number of nitrogens with zero attached hydrogens (tertiary/aromatic N) is 1. The highest BCUT2D eigenvalue weighted by Crippen LogP contribution is 2.24. The first-order valence-electron chi connectivity index (χ1n) is 5.30. The summed E-state index contributed by atoms with van der Waals surface area (Å²) in [7, 11) is 0. The van der Waals surface area contributed by atoms with Gasteiger partial charge < -0.3 is 10.4 Å². The van der Waals surface area contributed by atoms with E-state index in [2.05, 4.69) is 10.3 Å². The first-order valence-corrected chi connectivity index (χ1v) is 5.30. The topological polar surface area (TPSA) is 62.2 Å². The Bertz CT molecular complexity index is 626. The van der Waals surface area contributed by atoms with Crippen LogP contribution < -0.4 is 5.32 Å². The minimum absolute atomic E-state index is 0.0900. The van der Waals surface area contributed by atoms with E-state index < -0.39 is 18.7 Å². The number of aromatic carboxylic acids is 1. The largest absolute Gasteiger partial charge is 0.477 e. The number of halogens is 3. The average Bonchev–Trinajstić information content (AvgIpc) is 2.34. The molecule has 0 spiro atoms. The van der Waals surface area contributed by atoms with Gasteiger partial charge in [-0.3, -0.25) is 0 Å². The molecule has 2 aromatic rings. The predicted molar refractivity (Wildman–Crippen MR) is 63.2 cm³/mol. The fourth-order valence-electron chi connectivity index (χ4n) is 1.63. The van der Waals surface area contributed by atoms with E-state index in [4.69, 9.17) is 5.11 Å². The zero-order valence-corrected chi connectivity index (χ0v) is 9.53. The number of alkyl halides is 3. The van der Waals surface area contributed by atoms with Crippen LogP contribution in [0.3, 0.4) is 0 Å². The smallest absolute Gasteiger partial charge is 0.405 e. The van der Waals surface area contributed by atoms with Gasteiger partial charge in [-0.15, -0.1) is 0 Å². The lowest BCUT2D eigenvalue weighted by molar-refractivity contribution is -0.115. The summed E-state index contributed by atoms with van der Waals surface area (Å²) in [6, 6.07) is 7.82. The maximum atomic E-state index is 12.2. The fraction of sp³-hybridized carbons (Fsp3) is 0.167. The van der Waals surface area contributed by atoms with Gasteiger partial charge in [-0.1, -0.05) is 24.3 Å². The molecule has 0 saturated heterocycles. The maximum absolute atomic E-state index is 12.2. The van der Waals surface area contributed by atoms with Crippen molar-refractivity contribution in [2.45, 2.75) is 6.18 Å². The van der Waals surface area contributed by atoms with Crippen LogP contribution in [0.5, 0.6) is 0 Å². The van der Waals surface area contributed by atoms with Crippen molar-refractivity contribution in [3.05, 3.63) is 36.0 Å². The quantitative estimate of drug-likeness (QED) is 0.900. The standard InChI is InChI=1S/C12H9F3N2O2/c13-12(14,15)6-16-10-8-4-2-1-3-7(8)5-9(17-10)11(18)19/h1-5H,6H2,(H,16,17)(H,18,19). The molecule has 100 valence electrons. The van der Waals surface area contributed by atoms with E-state index in [0.29, 0.717) is 10.8 Å². The number of benzene rings is 1. The molecule has 0 atom stereocenters. The van der Waals surface area contributed by atoms with E-state index in [1.165, 1.54) is 6.07 Å². The number of hydrogen-bond acceptors (Lipinski definition) is 3. The van der Waals surface area contributed by atoms with Crippen molar-refractivity contribution >= 4 is 22.6 Å². The molecule has 0 unspecified atom stereocenters. The van der Waals surface area contributed by atoms with Gasteiger partial charge in [0.25, 0.3) is 0 Å². The first kappa shape index (κ1) is 13.1. The summed E-state index contributed by atoms with van der Waals surface area (Å²) < 4.78 is 36.6. The Kier molecular flexibility index (Phi) is 3.28. The van der Waals surface area contributed by atoms with Crippen molar-refractivity contribution in [3.63, 3.8) is 0 Å². The third kappa shape index (κ3) is 3.12. The van der Waals surface area contributed by atoms with Gasteiger partial charge in [0.2, 0.25) is 0 Å². The van der Waals surface area contributed by atoms with E-state index in [-0.39, 0.29) is 11.5 Å². The Labute approximate surface area is 105 Å². The molecule has 1 aromatic heterocycles. The molecule has 0 aliphatic heterocycles. The van der Waals surface area contributed by atoms with E-state index >= 15 is 0 Å². The first-order chi connectivity index (χ1) is 8.87. The molecule has 0 saturated carbocycles. The van der Waals surface area contributed by atoms with Gasteiger partial charge in [-0.05, 0) is 11.5 Å². The molecule has 19 heavy (non-hydrogen) atoms. The van der Waals surface area contributed by atoms with Crippen LogP contribution in [0.15, 0.2) is 30.3 Å². The van der Waals surface area contributed by atoms with Gasteiger partial charge >= 0.3 is 12.1 Å². The molecule has 2 rings (SSSR count). The van der Waals surface area contributed by atoms with Gasteiger partial charge in [-0.25, -0.2) is 9.78 Å². The Hall–Kier alpha value is -2.31. The maximum Gasteiger partial charge on any atom is 0.405 e. The highest BCUT2D eigenvalue weighted by Gasteiger charge is 2.27. The summed E-state index contributed by atoms with van der Waals surface area (Å²) in [6.45, 7) is -1.27. The lowest BCUT2D eigenvalue weighted by Crippen LogP contribution is -2.22. The lowest BCUT2D eigenvalue weighted by Gasteiger charge is -2.11. The second kappa shape index (κ2) is 4.75. The molecule has 0 bridgehead atoms. The van der Waals surface area contributed by atoms with Crippen LogP contribution in [-0.2, 0) is 0 Å². The van der Waals surface area contributed by atoms with Crippen LogP contribution in [0.1, 0.15) is 10.5 Å². The number of rotatable bonds is 3. The summed E-state index contributed by atoms with van der Waals surface area (Å²) in [4.78, 5) is 14.6. The molecular formula is C12H9F3N2O2. The van der Waals surface area contributed by atoms with Crippen LogP contribution in [-0.4, -0.2) is 28.8 Å². The van der Waals surface area contributed by atoms with Crippen LogP contribution in [0.4, 0.5) is 19.0 Å². The number of hydrogen-bond donors (Lipinski definition) is 2. The number of anilines is 1. The van der Waals surface area contributed by atoms with Crippen molar-refractivity contribution in [1.29, 1.82) is 0 Å². The highest BCUT2D eigenvalue weighted by atomic mass is 19.4. The number of nitrogens with one attached hydrogen (secondary N) is 1. The van der Waals surface area contributed by atoms with Crippen molar-refractivity contribution in [2.75, 3.05) is 11.9 Å². The van der Waals surface area contributed by atoms with Crippen molar-refractivity contribution in [2.24, 2.45) is 0 Å². The second-order valence-electron chi connectivity index (χ2n) is 3.85. The van der Waals surface area contributed by atoms with E-state index in [9.17, 15) is 18.0 Å². The third-order valence-corrected chi connectivity index (χ3v) is 2.42. The van der Waals surface area contributed by atoms with E-state index in [0.717, 1.165) is 0 Å². The Morgan fingerprint density at radius 1 is 1.32 bits per heavy atom. The number of fused-ring (bicyclic) bond motifs is 1. The zero-order valence-electron chi connectivity index (χ0n) is 9.53. The molecule has 4 nitrogen and oxygen atoms in total. The number of aromatic nitrogens is 1. The summed E-state index contributed by atoms with van der Waals surface area (Å²) in [5.74, 6) is -1.38. The molecule has 0 radical (unpaired) electrons. The molecule has 1 aromatic carbocycles. The molecule has 0 fully saturated rings. The minimum Gasteiger partial charge on any atom is -0.477 e. The molecule has 2 N–H and O–H groups in total. The fourth-order valence-corrected chi connectivity index (χ4v) is 1.63.